The third-order valence-corrected chi connectivity index (χ3v) is 3.53. The number of hydrogen-bond donors (Lipinski definition) is 0. The van der Waals surface area contributed by atoms with Crippen molar-refractivity contribution in [2.45, 2.75) is 20.8 Å². The van der Waals surface area contributed by atoms with E-state index in [1.807, 2.05) is 26.0 Å². The molecule has 0 bridgehead atoms. The van der Waals surface area contributed by atoms with Gasteiger partial charge in [-0.1, -0.05) is 6.07 Å². The van der Waals surface area contributed by atoms with Gasteiger partial charge in [0.25, 0.3) is 0 Å². The summed E-state index contributed by atoms with van der Waals surface area (Å²) in [5.74, 6) is 0.0633. The molecule has 0 unspecified atom stereocenters. The molecular formula is C12H12N2OS. The van der Waals surface area contributed by atoms with E-state index in [0.29, 0.717) is 0 Å². The SMILES string of the molecule is CC(=O)c1sc(-c2ccc(C)cn2)nc1C. The Morgan fingerprint density at radius 1 is 1.31 bits per heavy atom. The molecule has 0 aliphatic rings. The van der Waals surface area contributed by atoms with Crippen LogP contribution in [0.1, 0.15) is 27.9 Å². The number of carbonyl (C=O) groups is 1. The lowest BCUT2D eigenvalue weighted by atomic mass is 10.3. The molecule has 0 N–H and O–H groups in total. The first kappa shape index (κ1) is 11.0. The predicted octanol–water partition coefficient (Wildman–Crippen LogP) is 3.02. The van der Waals surface area contributed by atoms with E-state index >= 15 is 0 Å². The van der Waals surface area contributed by atoms with Gasteiger partial charge >= 0.3 is 0 Å². The average Bonchev–Trinajstić information content (AvgIpc) is 2.61. The Balaban J connectivity index is 2.45. The molecule has 16 heavy (non-hydrogen) atoms. The Morgan fingerprint density at radius 2 is 2.06 bits per heavy atom. The predicted molar refractivity (Wildman–Crippen MR) is 64.8 cm³/mol. The van der Waals surface area contributed by atoms with Crippen molar-refractivity contribution in [3.63, 3.8) is 0 Å². The molecular weight excluding hydrogens is 220 g/mol. The highest BCUT2D eigenvalue weighted by Gasteiger charge is 2.13. The molecule has 0 atom stereocenters. The summed E-state index contributed by atoms with van der Waals surface area (Å²) in [6.45, 7) is 5.41. The van der Waals surface area contributed by atoms with Crippen molar-refractivity contribution in [3.05, 3.63) is 34.5 Å². The minimum atomic E-state index is 0.0633. The van der Waals surface area contributed by atoms with Gasteiger partial charge in [0.05, 0.1) is 16.3 Å². The molecule has 0 spiro atoms. The Labute approximate surface area is 98.2 Å². The number of rotatable bonds is 2. The monoisotopic (exact) mass is 232 g/mol. The van der Waals surface area contributed by atoms with Gasteiger partial charge in [0.15, 0.2) is 5.78 Å². The van der Waals surface area contributed by atoms with Crippen LogP contribution in [0.5, 0.6) is 0 Å². The normalized spacial score (nSPS) is 10.4. The molecule has 0 aromatic carbocycles. The second-order valence-electron chi connectivity index (χ2n) is 3.71. The molecule has 0 saturated carbocycles. The molecule has 3 nitrogen and oxygen atoms in total. The van der Waals surface area contributed by atoms with Crippen LogP contribution in [-0.2, 0) is 0 Å². The van der Waals surface area contributed by atoms with Crippen molar-refractivity contribution in [2.24, 2.45) is 0 Å². The maximum atomic E-state index is 11.3. The van der Waals surface area contributed by atoms with Gasteiger partial charge in [-0.2, -0.15) is 0 Å². The van der Waals surface area contributed by atoms with Crippen molar-refractivity contribution in [3.8, 4) is 10.7 Å². The van der Waals surface area contributed by atoms with Crippen LogP contribution in [-0.4, -0.2) is 15.8 Å². The molecule has 2 aromatic heterocycles. The highest BCUT2D eigenvalue weighted by Crippen LogP contribution is 2.26. The Hall–Kier alpha value is -1.55. The summed E-state index contributed by atoms with van der Waals surface area (Å²) in [6.07, 6.45) is 1.81. The van der Waals surface area contributed by atoms with Gasteiger partial charge in [0.1, 0.15) is 5.01 Å². The van der Waals surface area contributed by atoms with Gasteiger partial charge in [-0.15, -0.1) is 11.3 Å². The third kappa shape index (κ3) is 2.02. The molecule has 4 heteroatoms. The highest BCUT2D eigenvalue weighted by atomic mass is 32.1. The van der Waals surface area contributed by atoms with Crippen LogP contribution in [0.25, 0.3) is 10.7 Å². The lowest BCUT2D eigenvalue weighted by molar-refractivity contribution is 0.102. The van der Waals surface area contributed by atoms with E-state index in [1.54, 1.807) is 13.1 Å². The van der Waals surface area contributed by atoms with Crippen LogP contribution >= 0.6 is 11.3 Å². The summed E-state index contributed by atoms with van der Waals surface area (Å²) in [5.41, 5.74) is 2.73. The van der Waals surface area contributed by atoms with E-state index in [1.165, 1.54) is 11.3 Å². The lowest BCUT2D eigenvalue weighted by Crippen LogP contribution is -1.89. The van der Waals surface area contributed by atoms with Gasteiger partial charge in [-0.3, -0.25) is 9.78 Å². The number of hydrogen-bond acceptors (Lipinski definition) is 4. The number of aromatic nitrogens is 2. The van der Waals surface area contributed by atoms with Crippen molar-refractivity contribution in [1.29, 1.82) is 0 Å². The van der Waals surface area contributed by atoms with Gasteiger partial charge < -0.3 is 0 Å². The van der Waals surface area contributed by atoms with E-state index < -0.39 is 0 Å². The van der Waals surface area contributed by atoms with E-state index in [-0.39, 0.29) is 5.78 Å². The number of aryl methyl sites for hydroxylation is 2. The molecule has 0 fully saturated rings. The fraction of sp³-hybridized carbons (Fsp3) is 0.250. The van der Waals surface area contributed by atoms with Crippen molar-refractivity contribution >= 4 is 17.1 Å². The largest absolute Gasteiger partial charge is 0.294 e. The van der Waals surface area contributed by atoms with Crippen LogP contribution in [0.4, 0.5) is 0 Å². The second-order valence-corrected chi connectivity index (χ2v) is 4.71. The number of ketones is 1. The molecule has 0 aliphatic carbocycles. The van der Waals surface area contributed by atoms with E-state index in [0.717, 1.165) is 26.8 Å². The molecule has 2 heterocycles. The van der Waals surface area contributed by atoms with Gasteiger partial charge in [0.2, 0.25) is 0 Å². The van der Waals surface area contributed by atoms with Gasteiger partial charge in [-0.25, -0.2) is 4.98 Å². The van der Waals surface area contributed by atoms with Crippen LogP contribution in [0, 0.1) is 13.8 Å². The lowest BCUT2D eigenvalue weighted by Gasteiger charge is -1.95. The fourth-order valence-corrected chi connectivity index (χ4v) is 2.37. The summed E-state index contributed by atoms with van der Waals surface area (Å²) in [5, 5.41) is 0.808. The average molecular weight is 232 g/mol. The number of pyridine rings is 1. The van der Waals surface area contributed by atoms with E-state index in [4.69, 9.17) is 0 Å². The van der Waals surface area contributed by atoms with Crippen molar-refractivity contribution < 1.29 is 4.79 Å². The third-order valence-electron chi connectivity index (χ3n) is 2.25. The quantitative estimate of drug-likeness (QED) is 0.747. The zero-order valence-electron chi connectivity index (χ0n) is 9.44. The zero-order valence-corrected chi connectivity index (χ0v) is 10.3. The van der Waals surface area contributed by atoms with Crippen molar-refractivity contribution in [2.75, 3.05) is 0 Å². The summed E-state index contributed by atoms with van der Waals surface area (Å²) in [4.78, 5) is 20.7. The smallest absolute Gasteiger partial charge is 0.171 e. The first-order chi connectivity index (χ1) is 7.58. The number of carbonyl (C=O) groups excluding carboxylic acids is 1. The van der Waals surface area contributed by atoms with Gasteiger partial charge in [0, 0.05) is 13.1 Å². The van der Waals surface area contributed by atoms with E-state index in [2.05, 4.69) is 9.97 Å². The van der Waals surface area contributed by atoms with Gasteiger partial charge in [-0.05, 0) is 25.5 Å². The van der Waals surface area contributed by atoms with Crippen molar-refractivity contribution in [1.82, 2.24) is 9.97 Å². The Kier molecular flexibility index (Phi) is 2.83. The highest BCUT2D eigenvalue weighted by molar-refractivity contribution is 7.17. The van der Waals surface area contributed by atoms with Crippen LogP contribution in [0.15, 0.2) is 18.3 Å². The maximum Gasteiger partial charge on any atom is 0.171 e. The molecule has 0 saturated heterocycles. The number of Topliss-reactive ketones (excluding diaryl/α,β-unsaturated/α-hetero) is 1. The molecule has 0 amide bonds. The summed E-state index contributed by atoms with van der Waals surface area (Å²) in [6, 6.07) is 3.92. The molecule has 82 valence electrons. The second kappa shape index (κ2) is 4.14. The molecule has 2 rings (SSSR count). The Bertz CT molecular complexity index is 528. The first-order valence-corrected chi connectivity index (χ1v) is 5.81. The fourth-order valence-electron chi connectivity index (χ4n) is 1.43. The first-order valence-electron chi connectivity index (χ1n) is 4.99. The summed E-state index contributed by atoms with van der Waals surface area (Å²) in [7, 11) is 0. The van der Waals surface area contributed by atoms with E-state index in [9.17, 15) is 4.79 Å². The number of nitrogens with zero attached hydrogens (tertiary/aromatic N) is 2. The van der Waals surface area contributed by atoms with Crippen LogP contribution in [0.2, 0.25) is 0 Å². The minimum Gasteiger partial charge on any atom is -0.294 e. The standard InChI is InChI=1S/C12H12N2OS/c1-7-4-5-10(13-6-7)12-14-8(2)11(16-12)9(3)15/h4-6H,1-3H3. The zero-order chi connectivity index (χ0) is 11.7. The topological polar surface area (TPSA) is 42.9 Å². The van der Waals surface area contributed by atoms with Crippen LogP contribution in [0.3, 0.4) is 0 Å². The molecule has 2 aromatic rings. The summed E-state index contributed by atoms with van der Waals surface area (Å²) >= 11 is 1.40. The minimum absolute atomic E-state index is 0.0633. The maximum absolute atomic E-state index is 11.3. The summed E-state index contributed by atoms with van der Waals surface area (Å²) < 4.78 is 0. The number of thiazole rings is 1. The molecule has 0 radical (unpaired) electrons. The Morgan fingerprint density at radius 3 is 2.56 bits per heavy atom. The van der Waals surface area contributed by atoms with Crippen LogP contribution < -0.4 is 0 Å². The molecule has 0 aliphatic heterocycles.